The molecule has 6 heteroatoms. The number of carbonyl (C=O) groups is 2. The van der Waals surface area contributed by atoms with E-state index in [0.717, 1.165) is 11.3 Å². The molecule has 0 fully saturated rings. The van der Waals surface area contributed by atoms with Crippen LogP contribution in [0.25, 0.3) is 0 Å². The van der Waals surface area contributed by atoms with Crippen molar-refractivity contribution in [2.45, 2.75) is 33.6 Å². The average molecular weight is 370 g/mol. The van der Waals surface area contributed by atoms with Crippen molar-refractivity contribution in [3.05, 3.63) is 48.0 Å². The molecule has 0 aliphatic heterocycles. The Hall–Kier alpha value is -3.02. The Morgan fingerprint density at radius 2 is 1.70 bits per heavy atom. The number of aryl methyl sites for hydroxylation is 1. The molecule has 2 aromatic rings. The van der Waals surface area contributed by atoms with Crippen LogP contribution in [0.4, 0.5) is 11.4 Å². The van der Waals surface area contributed by atoms with Gasteiger partial charge in [-0.1, -0.05) is 12.1 Å². The van der Waals surface area contributed by atoms with E-state index >= 15 is 0 Å². The predicted molar refractivity (Wildman–Crippen MR) is 106 cm³/mol. The number of benzene rings is 2. The molecule has 27 heavy (non-hydrogen) atoms. The SMILES string of the molecule is CCOc1ccccc1OCCCC(=O)Nc1ccc(NC(C)=O)c(C)c1. The third-order valence-corrected chi connectivity index (χ3v) is 3.78. The third-order valence-electron chi connectivity index (χ3n) is 3.78. The molecule has 6 nitrogen and oxygen atoms in total. The minimum absolute atomic E-state index is 0.0802. The van der Waals surface area contributed by atoms with E-state index < -0.39 is 0 Å². The van der Waals surface area contributed by atoms with Crippen LogP contribution in [-0.2, 0) is 9.59 Å². The van der Waals surface area contributed by atoms with Crippen LogP contribution in [0.5, 0.6) is 11.5 Å². The van der Waals surface area contributed by atoms with Crippen molar-refractivity contribution < 1.29 is 19.1 Å². The molecule has 2 aromatic carbocycles. The van der Waals surface area contributed by atoms with Crippen LogP contribution in [0.2, 0.25) is 0 Å². The summed E-state index contributed by atoms with van der Waals surface area (Å²) in [5.41, 5.74) is 2.33. The van der Waals surface area contributed by atoms with Gasteiger partial charge in [0.2, 0.25) is 11.8 Å². The zero-order valence-electron chi connectivity index (χ0n) is 16.0. The highest BCUT2D eigenvalue weighted by molar-refractivity contribution is 5.92. The second-order valence-electron chi connectivity index (χ2n) is 6.09. The Labute approximate surface area is 159 Å². The van der Waals surface area contributed by atoms with Gasteiger partial charge in [0.1, 0.15) is 0 Å². The number of nitrogens with one attached hydrogen (secondary N) is 2. The Morgan fingerprint density at radius 1 is 1.00 bits per heavy atom. The number of anilines is 2. The largest absolute Gasteiger partial charge is 0.490 e. The summed E-state index contributed by atoms with van der Waals surface area (Å²) in [5.74, 6) is 1.19. The maximum atomic E-state index is 12.1. The summed E-state index contributed by atoms with van der Waals surface area (Å²) in [4.78, 5) is 23.2. The van der Waals surface area contributed by atoms with Gasteiger partial charge in [0.25, 0.3) is 0 Å². The summed E-state index contributed by atoms with van der Waals surface area (Å²) in [6.07, 6.45) is 0.943. The lowest BCUT2D eigenvalue weighted by molar-refractivity contribution is -0.116. The first-order valence-electron chi connectivity index (χ1n) is 9.02. The molecular formula is C21H26N2O4. The van der Waals surface area contributed by atoms with Crippen LogP contribution >= 0.6 is 0 Å². The molecule has 0 atom stereocenters. The molecule has 0 heterocycles. The maximum Gasteiger partial charge on any atom is 0.224 e. The standard InChI is InChI=1S/C21H26N2O4/c1-4-26-19-8-5-6-9-20(19)27-13-7-10-21(25)23-17-11-12-18(15(2)14-17)22-16(3)24/h5-6,8-9,11-12,14H,4,7,10,13H2,1-3H3,(H,22,24)(H,23,25). The number of hydrogen-bond donors (Lipinski definition) is 2. The highest BCUT2D eigenvalue weighted by Crippen LogP contribution is 2.26. The van der Waals surface area contributed by atoms with Gasteiger partial charge < -0.3 is 20.1 Å². The van der Waals surface area contributed by atoms with E-state index in [-0.39, 0.29) is 11.8 Å². The van der Waals surface area contributed by atoms with Gasteiger partial charge in [0.05, 0.1) is 13.2 Å². The molecule has 2 amide bonds. The third kappa shape index (κ3) is 6.66. The van der Waals surface area contributed by atoms with E-state index in [2.05, 4.69) is 10.6 Å². The van der Waals surface area contributed by atoms with Gasteiger partial charge >= 0.3 is 0 Å². The maximum absolute atomic E-state index is 12.1. The van der Waals surface area contributed by atoms with Gasteiger partial charge in [-0.05, 0) is 56.2 Å². The average Bonchev–Trinajstić information content (AvgIpc) is 2.62. The van der Waals surface area contributed by atoms with Crippen molar-refractivity contribution in [2.75, 3.05) is 23.8 Å². The van der Waals surface area contributed by atoms with Crippen molar-refractivity contribution in [1.82, 2.24) is 0 Å². The lowest BCUT2D eigenvalue weighted by atomic mass is 10.1. The van der Waals surface area contributed by atoms with E-state index in [4.69, 9.17) is 9.47 Å². The molecule has 2 N–H and O–H groups in total. The number of amides is 2. The van der Waals surface area contributed by atoms with Crippen molar-refractivity contribution >= 4 is 23.2 Å². The van der Waals surface area contributed by atoms with Crippen LogP contribution < -0.4 is 20.1 Å². The summed E-state index contributed by atoms with van der Waals surface area (Å²) in [7, 11) is 0. The zero-order valence-corrected chi connectivity index (χ0v) is 16.0. The highest BCUT2D eigenvalue weighted by Gasteiger charge is 2.07. The topological polar surface area (TPSA) is 76.7 Å². The molecule has 0 radical (unpaired) electrons. The quantitative estimate of drug-likeness (QED) is 0.650. The molecule has 0 saturated carbocycles. The first-order chi connectivity index (χ1) is 13.0. The highest BCUT2D eigenvalue weighted by atomic mass is 16.5. The molecular weight excluding hydrogens is 344 g/mol. The van der Waals surface area contributed by atoms with Crippen LogP contribution in [-0.4, -0.2) is 25.0 Å². The first-order valence-corrected chi connectivity index (χ1v) is 9.02. The van der Waals surface area contributed by atoms with Gasteiger partial charge in [-0.15, -0.1) is 0 Å². The normalized spacial score (nSPS) is 10.2. The summed E-state index contributed by atoms with van der Waals surface area (Å²) in [5, 5.41) is 5.61. The zero-order chi connectivity index (χ0) is 19.6. The predicted octanol–water partition coefficient (Wildman–Crippen LogP) is 4.15. The number of rotatable bonds is 9. The van der Waals surface area contributed by atoms with E-state index in [1.807, 2.05) is 44.2 Å². The smallest absolute Gasteiger partial charge is 0.224 e. The summed E-state index contributed by atoms with van der Waals surface area (Å²) in [6, 6.07) is 12.9. The second-order valence-corrected chi connectivity index (χ2v) is 6.09. The number of para-hydroxylation sites is 2. The molecule has 0 aromatic heterocycles. The van der Waals surface area contributed by atoms with Gasteiger partial charge in [-0.25, -0.2) is 0 Å². The molecule has 0 aliphatic rings. The molecule has 0 saturated heterocycles. The van der Waals surface area contributed by atoms with Crippen molar-refractivity contribution in [2.24, 2.45) is 0 Å². The van der Waals surface area contributed by atoms with Gasteiger partial charge in [-0.2, -0.15) is 0 Å². The number of ether oxygens (including phenoxy) is 2. The fourth-order valence-electron chi connectivity index (χ4n) is 2.55. The molecule has 0 spiro atoms. The van der Waals surface area contributed by atoms with Gasteiger partial charge in [-0.3, -0.25) is 9.59 Å². The van der Waals surface area contributed by atoms with Crippen LogP contribution in [0.1, 0.15) is 32.3 Å². The summed E-state index contributed by atoms with van der Waals surface area (Å²) in [6.45, 7) is 6.26. The van der Waals surface area contributed by atoms with Crippen LogP contribution in [0, 0.1) is 6.92 Å². The summed E-state index contributed by atoms with van der Waals surface area (Å²) >= 11 is 0. The molecule has 2 rings (SSSR count). The fourth-order valence-corrected chi connectivity index (χ4v) is 2.55. The van der Waals surface area contributed by atoms with Crippen molar-refractivity contribution in [3.63, 3.8) is 0 Å². The Bertz CT molecular complexity index is 790. The Kier molecular flexibility index (Phi) is 7.67. The van der Waals surface area contributed by atoms with E-state index in [1.54, 1.807) is 12.1 Å². The van der Waals surface area contributed by atoms with E-state index in [0.29, 0.717) is 43.2 Å². The van der Waals surface area contributed by atoms with E-state index in [1.165, 1.54) is 6.92 Å². The Balaban J connectivity index is 1.78. The molecule has 144 valence electrons. The fraction of sp³-hybridized carbons (Fsp3) is 0.333. The first kappa shape index (κ1) is 20.3. The van der Waals surface area contributed by atoms with Crippen molar-refractivity contribution in [1.29, 1.82) is 0 Å². The number of carbonyl (C=O) groups excluding carboxylic acids is 2. The van der Waals surface area contributed by atoms with Crippen LogP contribution in [0.15, 0.2) is 42.5 Å². The lowest BCUT2D eigenvalue weighted by Gasteiger charge is -2.12. The minimum atomic E-state index is -0.124. The molecule has 0 bridgehead atoms. The monoisotopic (exact) mass is 370 g/mol. The number of hydrogen-bond acceptors (Lipinski definition) is 4. The van der Waals surface area contributed by atoms with Gasteiger partial charge in [0.15, 0.2) is 11.5 Å². The van der Waals surface area contributed by atoms with Crippen molar-refractivity contribution in [3.8, 4) is 11.5 Å². The van der Waals surface area contributed by atoms with E-state index in [9.17, 15) is 9.59 Å². The second kappa shape index (κ2) is 10.2. The van der Waals surface area contributed by atoms with Crippen LogP contribution in [0.3, 0.4) is 0 Å². The molecule has 0 aliphatic carbocycles. The molecule has 0 unspecified atom stereocenters. The lowest BCUT2D eigenvalue weighted by Crippen LogP contribution is -2.13. The van der Waals surface area contributed by atoms with Gasteiger partial charge in [0, 0.05) is 24.7 Å². The Morgan fingerprint density at radius 3 is 2.33 bits per heavy atom. The minimum Gasteiger partial charge on any atom is -0.490 e. The summed E-state index contributed by atoms with van der Waals surface area (Å²) < 4.78 is 11.2.